The number of aliphatic hydroxyl groups excluding tert-OH is 1. The minimum Gasteiger partial charge on any atom is -0.396 e. The molecule has 0 amide bonds. The smallest absolute Gasteiger partial charge is 0.129 e. The van der Waals surface area contributed by atoms with Crippen LogP contribution in [0.5, 0.6) is 0 Å². The minimum atomic E-state index is -0.0339. The lowest BCUT2D eigenvalue weighted by atomic mass is 9.89. The Labute approximate surface area is 126 Å². The van der Waals surface area contributed by atoms with Gasteiger partial charge in [0.15, 0.2) is 0 Å². The second-order valence-corrected chi connectivity index (χ2v) is 6.40. The Morgan fingerprint density at radius 3 is 2.57 bits per heavy atom. The van der Waals surface area contributed by atoms with Crippen LogP contribution in [0.3, 0.4) is 0 Å². The highest BCUT2D eigenvalue weighted by Gasteiger charge is 2.23. The van der Waals surface area contributed by atoms with Crippen LogP contribution in [0.25, 0.3) is 0 Å². The van der Waals surface area contributed by atoms with E-state index in [1.807, 2.05) is 12.1 Å². The monoisotopic (exact) mass is 288 g/mol. The van der Waals surface area contributed by atoms with E-state index in [0.29, 0.717) is 6.42 Å². The van der Waals surface area contributed by atoms with Crippen molar-refractivity contribution in [2.24, 2.45) is 0 Å². The summed E-state index contributed by atoms with van der Waals surface area (Å²) >= 11 is 0. The second kappa shape index (κ2) is 6.31. The third-order valence-corrected chi connectivity index (χ3v) is 3.55. The third kappa shape index (κ3) is 3.64. The van der Waals surface area contributed by atoms with Gasteiger partial charge < -0.3 is 14.5 Å². The lowest BCUT2D eigenvalue weighted by Crippen LogP contribution is -2.21. The van der Waals surface area contributed by atoms with Crippen molar-refractivity contribution in [2.45, 2.75) is 39.2 Å². The fourth-order valence-corrected chi connectivity index (χ4v) is 2.54. The van der Waals surface area contributed by atoms with Gasteiger partial charge in [-0.15, -0.1) is 0 Å². The van der Waals surface area contributed by atoms with Crippen molar-refractivity contribution in [3.63, 3.8) is 0 Å². The number of nitrogens with zero attached hydrogens (tertiary/aromatic N) is 2. The summed E-state index contributed by atoms with van der Waals surface area (Å²) in [4.78, 5) is 2.17. The summed E-state index contributed by atoms with van der Waals surface area (Å²) in [6, 6.07) is 8.16. The fraction of sp³-hybridized carbons (Fsp3) is 0.471. The number of para-hydroxylation sites is 1. The number of benzene rings is 1. The molecule has 0 saturated heterocycles. The molecule has 0 aliphatic carbocycles. The van der Waals surface area contributed by atoms with Crippen molar-refractivity contribution in [2.75, 3.05) is 18.6 Å². The van der Waals surface area contributed by atoms with Gasteiger partial charge in [-0.25, -0.2) is 0 Å². The molecule has 4 heteroatoms. The summed E-state index contributed by atoms with van der Waals surface area (Å²) in [6.45, 7) is 7.29. The van der Waals surface area contributed by atoms with Crippen LogP contribution in [-0.2, 0) is 18.4 Å². The van der Waals surface area contributed by atoms with Crippen molar-refractivity contribution in [3.8, 4) is 0 Å². The fourth-order valence-electron chi connectivity index (χ4n) is 2.54. The summed E-state index contributed by atoms with van der Waals surface area (Å²) < 4.78 is 5.17. The Kier molecular flexibility index (Phi) is 4.68. The van der Waals surface area contributed by atoms with Gasteiger partial charge in [0.2, 0.25) is 0 Å². The molecule has 2 rings (SSSR count). The first-order valence-electron chi connectivity index (χ1n) is 7.27. The molecule has 0 aliphatic heterocycles. The van der Waals surface area contributed by atoms with Gasteiger partial charge in [-0.2, -0.15) is 0 Å². The Morgan fingerprint density at radius 2 is 1.90 bits per heavy atom. The molecule has 0 bridgehead atoms. The van der Waals surface area contributed by atoms with Gasteiger partial charge in [-0.1, -0.05) is 44.1 Å². The molecule has 0 saturated carbocycles. The van der Waals surface area contributed by atoms with E-state index in [1.54, 1.807) is 6.26 Å². The zero-order valence-corrected chi connectivity index (χ0v) is 13.3. The van der Waals surface area contributed by atoms with Crippen molar-refractivity contribution in [1.29, 1.82) is 0 Å². The topological polar surface area (TPSA) is 49.5 Å². The molecule has 1 heterocycles. The number of hydrogen-bond acceptors (Lipinski definition) is 4. The molecule has 0 fully saturated rings. The van der Waals surface area contributed by atoms with Crippen LogP contribution in [0.15, 0.2) is 35.1 Å². The number of aromatic nitrogens is 1. The maximum absolute atomic E-state index is 9.19. The van der Waals surface area contributed by atoms with Gasteiger partial charge in [0.1, 0.15) is 6.26 Å². The van der Waals surface area contributed by atoms with Crippen molar-refractivity contribution in [1.82, 2.24) is 5.16 Å². The van der Waals surface area contributed by atoms with E-state index in [1.165, 1.54) is 0 Å². The molecule has 1 aromatic carbocycles. The summed E-state index contributed by atoms with van der Waals surface area (Å²) in [5.74, 6) is 0. The van der Waals surface area contributed by atoms with E-state index in [0.717, 1.165) is 29.1 Å². The molecule has 0 aliphatic rings. The Morgan fingerprint density at radius 1 is 1.19 bits per heavy atom. The molecule has 0 atom stereocenters. The van der Waals surface area contributed by atoms with Crippen LogP contribution < -0.4 is 4.90 Å². The van der Waals surface area contributed by atoms with Crippen molar-refractivity contribution in [3.05, 3.63) is 47.3 Å². The van der Waals surface area contributed by atoms with E-state index in [2.05, 4.69) is 50.0 Å². The molecule has 0 unspecified atom stereocenters. The van der Waals surface area contributed by atoms with E-state index in [9.17, 15) is 5.11 Å². The standard InChI is InChI=1S/C17H24N2O2/c1-17(2,3)16-14(12-21-18-16)11-19(4)15-8-6-5-7-13(15)9-10-20/h5-8,12,20H,9-11H2,1-4H3. The van der Waals surface area contributed by atoms with Crippen molar-refractivity contribution >= 4 is 5.69 Å². The van der Waals surface area contributed by atoms with Crippen LogP contribution >= 0.6 is 0 Å². The molecule has 1 aromatic heterocycles. The molecule has 21 heavy (non-hydrogen) atoms. The first-order chi connectivity index (χ1) is 9.93. The summed E-state index contributed by atoms with van der Waals surface area (Å²) in [5.41, 5.74) is 4.34. The lowest BCUT2D eigenvalue weighted by molar-refractivity contribution is 0.299. The average Bonchev–Trinajstić information content (AvgIpc) is 2.88. The normalized spacial score (nSPS) is 11.7. The molecular formula is C17H24N2O2. The minimum absolute atomic E-state index is 0.0339. The zero-order valence-electron chi connectivity index (χ0n) is 13.3. The van der Waals surface area contributed by atoms with Gasteiger partial charge in [-0.3, -0.25) is 0 Å². The lowest BCUT2D eigenvalue weighted by Gasteiger charge is -2.24. The quantitative estimate of drug-likeness (QED) is 0.918. The molecule has 0 spiro atoms. The van der Waals surface area contributed by atoms with E-state index in [4.69, 9.17) is 4.52 Å². The first kappa shape index (κ1) is 15.6. The van der Waals surface area contributed by atoms with Gasteiger partial charge in [0.05, 0.1) is 5.69 Å². The van der Waals surface area contributed by atoms with Crippen molar-refractivity contribution < 1.29 is 9.63 Å². The summed E-state index contributed by atoms with van der Waals surface area (Å²) in [5, 5.41) is 13.3. The van der Waals surface area contributed by atoms with Gasteiger partial charge in [0, 0.05) is 36.9 Å². The maximum Gasteiger partial charge on any atom is 0.129 e. The highest BCUT2D eigenvalue weighted by atomic mass is 16.5. The third-order valence-electron chi connectivity index (χ3n) is 3.55. The Bertz CT molecular complexity index is 584. The molecular weight excluding hydrogens is 264 g/mol. The van der Waals surface area contributed by atoms with Crippen LogP contribution in [0.1, 0.15) is 37.6 Å². The molecule has 2 aromatic rings. The van der Waals surface area contributed by atoms with E-state index < -0.39 is 0 Å². The highest BCUT2D eigenvalue weighted by molar-refractivity contribution is 5.53. The average molecular weight is 288 g/mol. The van der Waals surface area contributed by atoms with Gasteiger partial charge in [-0.05, 0) is 18.1 Å². The van der Waals surface area contributed by atoms with E-state index in [-0.39, 0.29) is 12.0 Å². The van der Waals surface area contributed by atoms with Gasteiger partial charge >= 0.3 is 0 Å². The van der Waals surface area contributed by atoms with Gasteiger partial charge in [0.25, 0.3) is 0 Å². The molecule has 0 radical (unpaired) electrons. The number of hydrogen-bond donors (Lipinski definition) is 1. The maximum atomic E-state index is 9.19. The van der Waals surface area contributed by atoms with E-state index >= 15 is 0 Å². The van der Waals surface area contributed by atoms with Crippen LogP contribution in [0, 0.1) is 0 Å². The van der Waals surface area contributed by atoms with Crippen LogP contribution in [0.2, 0.25) is 0 Å². The molecule has 4 nitrogen and oxygen atoms in total. The Balaban J connectivity index is 2.23. The Hall–Kier alpha value is -1.81. The number of rotatable bonds is 5. The predicted molar refractivity (Wildman–Crippen MR) is 84.5 cm³/mol. The first-order valence-corrected chi connectivity index (χ1v) is 7.27. The summed E-state index contributed by atoms with van der Waals surface area (Å²) in [7, 11) is 2.05. The second-order valence-electron chi connectivity index (χ2n) is 6.40. The predicted octanol–water partition coefficient (Wildman–Crippen LogP) is 3.14. The highest BCUT2D eigenvalue weighted by Crippen LogP contribution is 2.27. The largest absolute Gasteiger partial charge is 0.396 e. The van der Waals surface area contributed by atoms with Crippen LogP contribution in [0.4, 0.5) is 5.69 Å². The summed E-state index contributed by atoms with van der Waals surface area (Å²) in [6.07, 6.45) is 2.39. The SMILES string of the molecule is CN(Cc1conc1C(C)(C)C)c1ccccc1CCO. The number of anilines is 1. The molecule has 114 valence electrons. The van der Waals surface area contributed by atoms with Crippen LogP contribution in [-0.4, -0.2) is 23.9 Å². The molecule has 1 N–H and O–H groups in total. The number of aliphatic hydroxyl groups is 1. The zero-order chi connectivity index (χ0) is 15.5.